The normalized spacial score (nSPS) is 19.8. The Morgan fingerprint density at radius 1 is 1.39 bits per heavy atom. The Morgan fingerprint density at radius 3 is 2.83 bits per heavy atom. The molecule has 0 bridgehead atoms. The lowest BCUT2D eigenvalue weighted by Gasteiger charge is -2.26. The van der Waals surface area contributed by atoms with Crippen LogP contribution in [0.4, 0.5) is 0 Å². The predicted octanol–water partition coefficient (Wildman–Crippen LogP) is 4.36. The molecule has 1 aromatic carbocycles. The van der Waals surface area contributed by atoms with Crippen molar-refractivity contribution in [1.82, 2.24) is 0 Å². The van der Waals surface area contributed by atoms with E-state index in [9.17, 15) is 5.11 Å². The van der Waals surface area contributed by atoms with Gasteiger partial charge in [-0.1, -0.05) is 31.5 Å². The van der Waals surface area contributed by atoms with Crippen LogP contribution >= 0.6 is 0 Å². The standard InChI is InChI=1S/C16H22O2/c1-4-5-7-13-10-16-14(11(2)17)8-6-9-15(16)12(3)18-13/h6,8-12,17H,4-5,7H2,1-3H3/t11-,12-/m0/s1. The van der Waals surface area contributed by atoms with Gasteiger partial charge in [-0.2, -0.15) is 0 Å². The number of benzene rings is 1. The van der Waals surface area contributed by atoms with E-state index in [0.29, 0.717) is 0 Å². The Bertz CT molecular complexity index is 446. The van der Waals surface area contributed by atoms with Crippen molar-refractivity contribution in [2.24, 2.45) is 0 Å². The third kappa shape index (κ3) is 2.59. The van der Waals surface area contributed by atoms with Crippen molar-refractivity contribution in [1.29, 1.82) is 0 Å². The van der Waals surface area contributed by atoms with Crippen LogP contribution in [0, 0.1) is 0 Å². The number of fused-ring (bicyclic) bond motifs is 1. The molecule has 2 rings (SSSR count). The molecule has 1 heterocycles. The van der Waals surface area contributed by atoms with Gasteiger partial charge in [0.1, 0.15) is 6.10 Å². The van der Waals surface area contributed by atoms with Crippen molar-refractivity contribution in [3.05, 3.63) is 40.6 Å². The van der Waals surface area contributed by atoms with Gasteiger partial charge in [-0.25, -0.2) is 0 Å². The van der Waals surface area contributed by atoms with E-state index in [1.54, 1.807) is 0 Å². The molecule has 0 amide bonds. The molecule has 1 aliphatic rings. The van der Waals surface area contributed by atoms with Crippen LogP contribution < -0.4 is 0 Å². The van der Waals surface area contributed by atoms with Gasteiger partial charge in [-0.15, -0.1) is 0 Å². The second-order valence-corrected chi connectivity index (χ2v) is 5.00. The van der Waals surface area contributed by atoms with Crippen molar-refractivity contribution in [2.45, 2.75) is 52.2 Å². The van der Waals surface area contributed by atoms with Crippen LogP contribution in [0.1, 0.15) is 68.9 Å². The van der Waals surface area contributed by atoms with Crippen LogP contribution in [-0.4, -0.2) is 5.11 Å². The topological polar surface area (TPSA) is 29.5 Å². The lowest BCUT2D eigenvalue weighted by atomic mass is 9.92. The summed E-state index contributed by atoms with van der Waals surface area (Å²) in [5.74, 6) is 1.05. The van der Waals surface area contributed by atoms with Crippen LogP contribution in [0.5, 0.6) is 0 Å². The van der Waals surface area contributed by atoms with Gasteiger partial charge in [-0.3, -0.25) is 0 Å². The number of hydrogen-bond acceptors (Lipinski definition) is 2. The fraction of sp³-hybridized carbons (Fsp3) is 0.500. The molecule has 0 fully saturated rings. The van der Waals surface area contributed by atoms with Crippen LogP contribution in [0.3, 0.4) is 0 Å². The maximum Gasteiger partial charge on any atom is 0.121 e. The summed E-state index contributed by atoms with van der Waals surface area (Å²) in [4.78, 5) is 0. The molecule has 0 saturated carbocycles. The molecule has 0 radical (unpaired) electrons. The fourth-order valence-corrected chi connectivity index (χ4v) is 2.45. The summed E-state index contributed by atoms with van der Waals surface area (Å²) in [7, 11) is 0. The van der Waals surface area contributed by atoms with Gasteiger partial charge in [0.2, 0.25) is 0 Å². The van der Waals surface area contributed by atoms with Crippen molar-refractivity contribution >= 4 is 6.08 Å². The molecule has 0 saturated heterocycles. The Labute approximate surface area is 109 Å². The minimum atomic E-state index is -0.436. The lowest BCUT2D eigenvalue weighted by Crippen LogP contribution is -2.10. The molecule has 18 heavy (non-hydrogen) atoms. The zero-order valence-corrected chi connectivity index (χ0v) is 11.4. The van der Waals surface area contributed by atoms with E-state index in [2.05, 4.69) is 26.0 Å². The third-order valence-electron chi connectivity index (χ3n) is 3.47. The van der Waals surface area contributed by atoms with Crippen molar-refractivity contribution in [3.8, 4) is 0 Å². The zero-order valence-electron chi connectivity index (χ0n) is 11.4. The van der Waals surface area contributed by atoms with E-state index >= 15 is 0 Å². The number of allylic oxidation sites excluding steroid dienone is 1. The number of aliphatic hydroxyl groups is 1. The van der Waals surface area contributed by atoms with Crippen LogP contribution in [0.2, 0.25) is 0 Å². The number of aliphatic hydroxyl groups excluding tert-OH is 1. The highest BCUT2D eigenvalue weighted by Gasteiger charge is 2.21. The first-order valence-electron chi connectivity index (χ1n) is 6.81. The third-order valence-corrected chi connectivity index (χ3v) is 3.47. The van der Waals surface area contributed by atoms with Gasteiger partial charge in [0.25, 0.3) is 0 Å². The van der Waals surface area contributed by atoms with Gasteiger partial charge in [0, 0.05) is 6.42 Å². The summed E-state index contributed by atoms with van der Waals surface area (Å²) in [5, 5.41) is 9.86. The average Bonchev–Trinajstić information content (AvgIpc) is 2.35. The maximum atomic E-state index is 9.86. The Balaban J connectivity index is 2.39. The molecule has 98 valence electrons. The molecule has 1 N–H and O–H groups in total. The summed E-state index contributed by atoms with van der Waals surface area (Å²) in [6, 6.07) is 6.07. The molecule has 2 heteroatoms. The van der Waals surface area contributed by atoms with Crippen LogP contribution in [-0.2, 0) is 4.74 Å². The summed E-state index contributed by atoms with van der Waals surface area (Å²) >= 11 is 0. The number of unbranched alkanes of at least 4 members (excludes halogenated alkanes) is 1. The molecule has 1 aromatic rings. The first kappa shape index (κ1) is 13.2. The highest BCUT2D eigenvalue weighted by Crippen LogP contribution is 2.36. The minimum absolute atomic E-state index is 0.0792. The predicted molar refractivity (Wildman–Crippen MR) is 74.1 cm³/mol. The molecule has 0 aliphatic carbocycles. The van der Waals surface area contributed by atoms with E-state index in [0.717, 1.165) is 29.7 Å². The number of rotatable bonds is 4. The van der Waals surface area contributed by atoms with E-state index in [-0.39, 0.29) is 6.10 Å². The second kappa shape index (κ2) is 5.57. The molecule has 2 nitrogen and oxygen atoms in total. The summed E-state index contributed by atoms with van der Waals surface area (Å²) in [6.07, 6.45) is 5.04. The van der Waals surface area contributed by atoms with E-state index in [4.69, 9.17) is 4.74 Å². The summed E-state index contributed by atoms with van der Waals surface area (Å²) in [6.45, 7) is 6.07. The van der Waals surface area contributed by atoms with Crippen LogP contribution in [0.15, 0.2) is 24.0 Å². The molecule has 2 atom stereocenters. The van der Waals surface area contributed by atoms with Crippen LogP contribution in [0.25, 0.3) is 6.08 Å². The Hall–Kier alpha value is -1.28. The van der Waals surface area contributed by atoms with Gasteiger partial charge >= 0.3 is 0 Å². The number of hydrogen-bond donors (Lipinski definition) is 1. The van der Waals surface area contributed by atoms with E-state index < -0.39 is 6.10 Å². The van der Waals surface area contributed by atoms with Crippen molar-refractivity contribution in [2.75, 3.05) is 0 Å². The average molecular weight is 246 g/mol. The molecular weight excluding hydrogens is 224 g/mol. The molecule has 1 aliphatic heterocycles. The van der Waals surface area contributed by atoms with Gasteiger partial charge < -0.3 is 9.84 Å². The first-order chi connectivity index (χ1) is 8.63. The van der Waals surface area contributed by atoms with E-state index in [1.807, 2.05) is 19.1 Å². The van der Waals surface area contributed by atoms with Crippen molar-refractivity contribution in [3.63, 3.8) is 0 Å². The Kier molecular flexibility index (Phi) is 4.07. The first-order valence-corrected chi connectivity index (χ1v) is 6.81. The lowest BCUT2D eigenvalue weighted by molar-refractivity contribution is 0.122. The molecule has 0 aromatic heterocycles. The van der Waals surface area contributed by atoms with E-state index in [1.165, 1.54) is 12.0 Å². The quantitative estimate of drug-likeness (QED) is 0.855. The van der Waals surface area contributed by atoms with Gasteiger partial charge in [-0.05, 0) is 43.0 Å². The monoisotopic (exact) mass is 246 g/mol. The number of ether oxygens (including phenoxy) is 1. The van der Waals surface area contributed by atoms with Gasteiger partial charge in [0.15, 0.2) is 0 Å². The van der Waals surface area contributed by atoms with Gasteiger partial charge in [0.05, 0.1) is 11.9 Å². The van der Waals surface area contributed by atoms with Crippen molar-refractivity contribution < 1.29 is 9.84 Å². The second-order valence-electron chi connectivity index (χ2n) is 5.00. The highest BCUT2D eigenvalue weighted by atomic mass is 16.5. The summed E-state index contributed by atoms with van der Waals surface area (Å²) < 4.78 is 5.93. The fourth-order valence-electron chi connectivity index (χ4n) is 2.45. The maximum absolute atomic E-state index is 9.86. The SMILES string of the molecule is CCCCC1=Cc2c([C@H](C)O)cccc2[C@H](C)O1. The largest absolute Gasteiger partial charge is 0.490 e. The molecule has 0 unspecified atom stereocenters. The molecular formula is C16H22O2. The minimum Gasteiger partial charge on any atom is -0.490 e. The smallest absolute Gasteiger partial charge is 0.121 e. The Morgan fingerprint density at radius 2 is 2.17 bits per heavy atom. The summed E-state index contributed by atoms with van der Waals surface area (Å²) in [5.41, 5.74) is 3.32. The highest BCUT2D eigenvalue weighted by molar-refractivity contribution is 5.62. The zero-order chi connectivity index (χ0) is 13.1. The molecule has 0 spiro atoms.